The van der Waals surface area contributed by atoms with E-state index in [-0.39, 0.29) is 10.7 Å². The van der Waals surface area contributed by atoms with Gasteiger partial charge < -0.3 is 5.73 Å². The SMILES string of the molecule is NC(Cc1ccc(F)cc1Cl)c1ncccc1F. The van der Waals surface area contributed by atoms with E-state index >= 15 is 0 Å². The molecule has 1 atom stereocenters. The molecule has 1 aromatic heterocycles. The molecule has 0 aliphatic carbocycles. The molecule has 0 saturated carbocycles. The summed E-state index contributed by atoms with van der Waals surface area (Å²) in [5.74, 6) is -0.871. The van der Waals surface area contributed by atoms with E-state index in [9.17, 15) is 8.78 Å². The van der Waals surface area contributed by atoms with Gasteiger partial charge in [-0.1, -0.05) is 17.7 Å². The highest BCUT2D eigenvalue weighted by Gasteiger charge is 2.14. The number of pyridine rings is 1. The summed E-state index contributed by atoms with van der Waals surface area (Å²) < 4.78 is 26.4. The third-order valence-electron chi connectivity index (χ3n) is 2.59. The van der Waals surface area contributed by atoms with Crippen molar-refractivity contribution in [1.82, 2.24) is 4.98 Å². The zero-order valence-corrected chi connectivity index (χ0v) is 10.2. The topological polar surface area (TPSA) is 38.9 Å². The van der Waals surface area contributed by atoms with Crippen molar-refractivity contribution in [2.45, 2.75) is 12.5 Å². The van der Waals surface area contributed by atoms with Crippen LogP contribution in [0, 0.1) is 11.6 Å². The van der Waals surface area contributed by atoms with Crippen molar-refractivity contribution < 1.29 is 8.78 Å². The summed E-state index contributed by atoms with van der Waals surface area (Å²) >= 11 is 5.89. The summed E-state index contributed by atoms with van der Waals surface area (Å²) in [6, 6.07) is 6.22. The van der Waals surface area contributed by atoms with Crippen LogP contribution < -0.4 is 5.73 Å². The average Bonchev–Trinajstić information content (AvgIpc) is 2.33. The van der Waals surface area contributed by atoms with E-state index in [1.807, 2.05) is 0 Å². The molecule has 2 aromatic rings. The third kappa shape index (κ3) is 2.83. The standard InChI is InChI=1S/C13H11ClF2N2/c14-10-7-9(15)4-3-8(10)6-12(17)13-11(16)2-1-5-18-13/h1-5,7,12H,6,17H2. The van der Waals surface area contributed by atoms with Crippen LogP contribution >= 0.6 is 11.6 Å². The molecule has 5 heteroatoms. The zero-order chi connectivity index (χ0) is 13.1. The second-order valence-electron chi connectivity index (χ2n) is 3.92. The lowest BCUT2D eigenvalue weighted by Gasteiger charge is -2.12. The molecule has 0 fully saturated rings. The lowest BCUT2D eigenvalue weighted by atomic mass is 10.0. The Kier molecular flexibility index (Phi) is 3.89. The predicted octanol–water partition coefficient (Wildman–Crippen LogP) is 3.26. The molecule has 0 aliphatic rings. The Morgan fingerprint density at radius 3 is 2.72 bits per heavy atom. The van der Waals surface area contributed by atoms with Crippen LogP contribution in [-0.2, 0) is 6.42 Å². The number of hydrogen-bond acceptors (Lipinski definition) is 2. The lowest BCUT2D eigenvalue weighted by molar-refractivity contribution is 0.563. The van der Waals surface area contributed by atoms with Gasteiger partial charge in [0.15, 0.2) is 0 Å². The normalized spacial score (nSPS) is 12.4. The van der Waals surface area contributed by atoms with E-state index in [1.165, 1.54) is 30.5 Å². The van der Waals surface area contributed by atoms with Crippen molar-refractivity contribution in [3.05, 3.63) is 64.4 Å². The Balaban J connectivity index is 2.21. The van der Waals surface area contributed by atoms with Crippen LogP contribution in [0.5, 0.6) is 0 Å². The average molecular weight is 269 g/mol. The van der Waals surface area contributed by atoms with Gasteiger partial charge in [-0.15, -0.1) is 0 Å². The van der Waals surface area contributed by atoms with Crippen LogP contribution in [0.15, 0.2) is 36.5 Å². The molecule has 18 heavy (non-hydrogen) atoms. The minimum Gasteiger partial charge on any atom is -0.322 e. The van der Waals surface area contributed by atoms with Crippen LogP contribution in [0.2, 0.25) is 5.02 Å². The fourth-order valence-corrected chi connectivity index (χ4v) is 1.94. The first-order valence-electron chi connectivity index (χ1n) is 5.38. The molecule has 1 heterocycles. The molecule has 0 saturated heterocycles. The molecular formula is C13H11ClF2N2. The Morgan fingerprint density at radius 2 is 2.06 bits per heavy atom. The fourth-order valence-electron chi connectivity index (χ4n) is 1.69. The van der Waals surface area contributed by atoms with Gasteiger partial charge in [0.2, 0.25) is 0 Å². The van der Waals surface area contributed by atoms with Gasteiger partial charge in [-0.3, -0.25) is 4.98 Å². The third-order valence-corrected chi connectivity index (χ3v) is 2.94. The number of benzene rings is 1. The molecule has 1 unspecified atom stereocenters. The number of nitrogens with zero attached hydrogens (tertiary/aromatic N) is 1. The Labute approximate surface area is 108 Å². The quantitative estimate of drug-likeness (QED) is 0.928. The largest absolute Gasteiger partial charge is 0.322 e. The second-order valence-corrected chi connectivity index (χ2v) is 4.32. The summed E-state index contributed by atoms with van der Waals surface area (Å²) in [7, 11) is 0. The maximum Gasteiger partial charge on any atom is 0.146 e. The highest BCUT2D eigenvalue weighted by Crippen LogP contribution is 2.23. The van der Waals surface area contributed by atoms with E-state index in [0.717, 1.165) is 0 Å². The molecule has 0 radical (unpaired) electrons. The van der Waals surface area contributed by atoms with Gasteiger partial charge >= 0.3 is 0 Å². The van der Waals surface area contributed by atoms with Crippen molar-refractivity contribution in [1.29, 1.82) is 0 Å². The summed E-state index contributed by atoms with van der Waals surface area (Å²) in [6.45, 7) is 0. The number of hydrogen-bond donors (Lipinski definition) is 1. The Morgan fingerprint density at radius 1 is 1.28 bits per heavy atom. The highest BCUT2D eigenvalue weighted by atomic mass is 35.5. The zero-order valence-electron chi connectivity index (χ0n) is 9.41. The number of nitrogens with two attached hydrogens (primary N) is 1. The first-order chi connectivity index (χ1) is 8.58. The van der Waals surface area contributed by atoms with Gasteiger partial charge in [-0.25, -0.2) is 8.78 Å². The maximum atomic E-state index is 13.5. The van der Waals surface area contributed by atoms with E-state index in [1.54, 1.807) is 6.07 Å². The molecule has 2 rings (SSSR count). The Hall–Kier alpha value is -1.52. The number of aromatic nitrogens is 1. The van der Waals surface area contributed by atoms with Crippen molar-refractivity contribution in [2.75, 3.05) is 0 Å². The van der Waals surface area contributed by atoms with Crippen LogP contribution in [-0.4, -0.2) is 4.98 Å². The summed E-state index contributed by atoms with van der Waals surface area (Å²) in [5.41, 5.74) is 6.72. The summed E-state index contributed by atoms with van der Waals surface area (Å²) in [6.07, 6.45) is 1.78. The first kappa shape index (κ1) is 12.9. The van der Waals surface area contributed by atoms with Crippen molar-refractivity contribution >= 4 is 11.6 Å². The molecule has 0 amide bonds. The van der Waals surface area contributed by atoms with Gasteiger partial charge in [0.1, 0.15) is 11.6 Å². The van der Waals surface area contributed by atoms with Gasteiger partial charge in [0.25, 0.3) is 0 Å². The van der Waals surface area contributed by atoms with Crippen LogP contribution in [0.4, 0.5) is 8.78 Å². The molecule has 2 N–H and O–H groups in total. The smallest absolute Gasteiger partial charge is 0.146 e. The van der Waals surface area contributed by atoms with Crippen molar-refractivity contribution in [3.63, 3.8) is 0 Å². The molecule has 1 aromatic carbocycles. The van der Waals surface area contributed by atoms with Gasteiger partial charge in [-0.05, 0) is 36.2 Å². The second kappa shape index (κ2) is 5.42. The van der Waals surface area contributed by atoms with Gasteiger partial charge in [-0.2, -0.15) is 0 Å². The minimum atomic E-state index is -0.617. The Bertz CT molecular complexity index is 560. The molecule has 94 valence electrons. The van der Waals surface area contributed by atoms with Crippen LogP contribution in [0.25, 0.3) is 0 Å². The molecule has 0 spiro atoms. The molecular weight excluding hydrogens is 258 g/mol. The first-order valence-corrected chi connectivity index (χ1v) is 5.75. The maximum absolute atomic E-state index is 13.5. The molecule has 0 bridgehead atoms. The molecule has 2 nitrogen and oxygen atoms in total. The van der Waals surface area contributed by atoms with E-state index in [0.29, 0.717) is 12.0 Å². The highest BCUT2D eigenvalue weighted by molar-refractivity contribution is 6.31. The predicted molar refractivity (Wildman–Crippen MR) is 66.2 cm³/mol. The minimum absolute atomic E-state index is 0.179. The molecule has 0 aliphatic heterocycles. The van der Waals surface area contributed by atoms with Gasteiger partial charge in [0.05, 0.1) is 11.7 Å². The van der Waals surface area contributed by atoms with E-state index in [4.69, 9.17) is 17.3 Å². The monoisotopic (exact) mass is 268 g/mol. The van der Waals surface area contributed by atoms with Gasteiger partial charge in [0, 0.05) is 11.2 Å². The van der Waals surface area contributed by atoms with Crippen molar-refractivity contribution in [3.8, 4) is 0 Å². The van der Waals surface area contributed by atoms with Crippen LogP contribution in [0.3, 0.4) is 0 Å². The number of halogens is 3. The van der Waals surface area contributed by atoms with Crippen molar-refractivity contribution in [2.24, 2.45) is 5.73 Å². The summed E-state index contributed by atoms with van der Waals surface area (Å²) in [5, 5.41) is 0.279. The lowest BCUT2D eigenvalue weighted by Crippen LogP contribution is -2.16. The summed E-state index contributed by atoms with van der Waals surface area (Å²) in [4.78, 5) is 3.90. The fraction of sp³-hybridized carbons (Fsp3) is 0.154. The van der Waals surface area contributed by atoms with E-state index < -0.39 is 17.7 Å². The van der Waals surface area contributed by atoms with Crippen LogP contribution in [0.1, 0.15) is 17.3 Å². The number of rotatable bonds is 3. The van der Waals surface area contributed by atoms with E-state index in [2.05, 4.69) is 4.98 Å².